The largest absolute Gasteiger partial charge is 0.363 e. The van der Waals surface area contributed by atoms with Crippen LogP contribution in [0.3, 0.4) is 0 Å². The van der Waals surface area contributed by atoms with Crippen molar-refractivity contribution in [2.45, 2.75) is 25.3 Å². The second-order valence-electron chi connectivity index (χ2n) is 5.41. The van der Waals surface area contributed by atoms with E-state index in [9.17, 15) is 4.39 Å². The smallest absolute Gasteiger partial charge is 0.126 e. The van der Waals surface area contributed by atoms with Crippen LogP contribution >= 0.6 is 0 Å². The highest BCUT2D eigenvalue weighted by Gasteiger charge is 2.28. The van der Waals surface area contributed by atoms with Crippen LogP contribution < -0.4 is 5.32 Å². The van der Waals surface area contributed by atoms with Gasteiger partial charge in [0.05, 0.1) is 11.6 Å². The van der Waals surface area contributed by atoms with Crippen LogP contribution in [0.1, 0.15) is 36.4 Å². The van der Waals surface area contributed by atoms with Gasteiger partial charge in [0.25, 0.3) is 0 Å². The number of halogens is 1. The highest BCUT2D eigenvalue weighted by Crippen LogP contribution is 2.39. The number of nitriles is 1. The summed E-state index contributed by atoms with van der Waals surface area (Å²) in [6, 6.07) is 12.4. The monoisotopic (exact) mass is 281 g/mol. The minimum atomic E-state index is -0.220. The maximum absolute atomic E-state index is 13.1. The molecule has 1 unspecified atom stereocenters. The fourth-order valence-corrected chi connectivity index (χ4v) is 2.62. The van der Waals surface area contributed by atoms with E-state index in [1.54, 1.807) is 12.3 Å². The summed E-state index contributed by atoms with van der Waals surface area (Å²) in [6.45, 7) is 0. The van der Waals surface area contributed by atoms with Crippen molar-refractivity contribution in [2.24, 2.45) is 5.92 Å². The van der Waals surface area contributed by atoms with E-state index in [4.69, 9.17) is 5.26 Å². The molecule has 1 aliphatic carbocycles. The molecular formula is C17H16FN3. The van der Waals surface area contributed by atoms with Gasteiger partial charge in [-0.15, -0.1) is 0 Å². The van der Waals surface area contributed by atoms with E-state index in [1.165, 1.54) is 31.4 Å². The summed E-state index contributed by atoms with van der Waals surface area (Å²) in [7, 11) is 0. The van der Waals surface area contributed by atoms with Crippen LogP contribution in [-0.4, -0.2) is 4.98 Å². The van der Waals surface area contributed by atoms with Gasteiger partial charge in [0.1, 0.15) is 17.7 Å². The third kappa shape index (κ3) is 3.03. The van der Waals surface area contributed by atoms with Crippen LogP contribution in [0, 0.1) is 23.1 Å². The lowest BCUT2D eigenvalue weighted by Crippen LogP contribution is -2.26. The first-order valence-corrected chi connectivity index (χ1v) is 7.14. The number of nitrogens with zero attached hydrogens (tertiary/aromatic N) is 2. The maximum atomic E-state index is 13.1. The Hall–Kier alpha value is -2.41. The molecule has 1 atom stereocenters. The first-order valence-electron chi connectivity index (χ1n) is 7.14. The van der Waals surface area contributed by atoms with Gasteiger partial charge in [-0.2, -0.15) is 5.26 Å². The Kier molecular flexibility index (Phi) is 3.83. The molecule has 0 bridgehead atoms. The molecule has 0 radical (unpaired) electrons. The van der Waals surface area contributed by atoms with E-state index in [2.05, 4.69) is 16.4 Å². The van der Waals surface area contributed by atoms with Crippen molar-refractivity contribution in [1.29, 1.82) is 5.26 Å². The van der Waals surface area contributed by atoms with Gasteiger partial charge in [0.15, 0.2) is 0 Å². The topological polar surface area (TPSA) is 48.7 Å². The standard InChI is InChI=1S/C17H16FN3/c18-15-7-5-14(6-8-15)17(13-2-1-3-13)21-16-9-4-12(10-19)11-20-16/h4-9,11,13,17H,1-3H2,(H,20,21). The predicted molar refractivity (Wildman–Crippen MR) is 79.1 cm³/mol. The Morgan fingerprint density at radius 2 is 1.95 bits per heavy atom. The summed E-state index contributed by atoms with van der Waals surface area (Å²) < 4.78 is 13.1. The number of benzene rings is 1. The average molecular weight is 281 g/mol. The Balaban J connectivity index is 1.82. The summed E-state index contributed by atoms with van der Waals surface area (Å²) in [5.74, 6) is 1.07. The molecule has 0 saturated heterocycles. The molecule has 1 saturated carbocycles. The van der Waals surface area contributed by atoms with Crippen LogP contribution in [0.2, 0.25) is 0 Å². The average Bonchev–Trinajstić information content (AvgIpc) is 2.46. The van der Waals surface area contributed by atoms with Crippen molar-refractivity contribution in [3.8, 4) is 6.07 Å². The second-order valence-corrected chi connectivity index (χ2v) is 5.41. The quantitative estimate of drug-likeness (QED) is 0.919. The molecule has 0 aliphatic heterocycles. The molecule has 1 aliphatic rings. The van der Waals surface area contributed by atoms with Crippen LogP contribution in [0.15, 0.2) is 42.6 Å². The van der Waals surface area contributed by atoms with E-state index in [1.807, 2.05) is 18.2 Å². The Bertz CT molecular complexity index is 639. The molecule has 1 heterocycles. The first kappa shape index (κ1) is 13.6. The molecule has 2 aromatic rings. The molecule has 0 amide bonds. The first-order chi connectivity index (χ1) is 10.3. The lowest BCUT2D eigenvalue weighted by molar-refractivity contribution is 0.276. The number of pyridine rings is 1. The Morgan fingerprint density at radius 3 is 2.48 bits per heavy atom. The number of nitrogens with one attached hydrogen (secondary N) is 1. The van der Waals surface area contributed by atoms with Crippen molar-refractivity contribution >= 4 is 5.82 Å². The molecule has 1 fully saturated rings. The van der Waals surface area contributed by atoms with Gasteiger partial charge in [-0.3, -0.25) is 0 Å². The Labute approximate surface area is 123 Å². The predicted octanol–water partition coefficient (Wildman–Crippen LogP) is 4.05. The summed E-state index contributed by atoms with van der Waals surface area (Å²) >= 11 is 0. The Morgan fingerprint density at radius 1 is 1.19 bits per heavy atom. The fourth-order valence-electron chi connectivity index (χ4n) is 2.62. The second kappa shape index (κ2) is 5.92. The summed E-state index contributed by atoms with van der Waals surface area (Å²) in [5.41, 5.74) is 1.62. The van der Waals surface area contributed by atoms with E-state index in [-0.39, 0.29) is 11.9 Å². The summed E-state index contributed by atoms with van der Waals surface area (Å²) in [4.78, 5) is 4.27. The highest BCUT2D eigenvalue weighted by atomic mass is 19.1. The molecule has 3 rings (SSSR count). The zero-order valence-corrected chi connectivity index (χ0v) is 11.6. The van der Waals surface area contributed by atoms with Gasteiger partial charge in [0, 0.05) is 6.20 Å². The number of aromatic nitrogens is 1. The summed E-state index contributed by atoms with van der Waals surface area (Å²) in [5, 5.41) is 12.2. The minimum absolute atomic E-state index is 0.139. The highest BCUT2D eigenvalue weighted by molar-refractivity contribution is 5.42. The molecule has 4 heteroatoms. The van der Waals surface area contributed by atoms with Crippen LogP contribution in [0.5, 0.6) is 0 Å². The van der Waals surface area contributed by atoms with Crippen LogP contribution in [0.4, 0.5) is 10.2 Å². The number of rotatable bonds is 4. The third-order valence-corrected chi connectivity index (χ3v) is 4.05. The minimum Gasteiger partial charge on any atom is -0.363 e. The van der Waals surface area contributed by atoms with Gasteiger partial charge < -0.3 is 5.32 Å². The molecule has 0 spiro atoms. The number of hydrogen-bond donors (Lipinski definition) is 1. The maximum Gasteiger partial charge on any atom is 0.126 e. The van der Waals surface area contributed by atoms with Gasteiger partial charge in [-0.05, 0) is 48.6 Å². The molecular weight excluding hydrogens is 265 g/mol. The van der Waals surface area contributed by atoms with Gasteiger partial charge in [0.2, 0.25) is 0 Å². The lowest BCUT2D eigenvalue weighted by Gasteiger charge is -2.35. The van der Waals surface area contributed by atoms with Crippen molar-refractivity contribution in [3.63, 3.8) is 0 Å². The molecule has 3 nitrogen and oxygen atoms in total. The van der Waals surface area contributed by atoms with Crippen molar-refractivity contribution < 1.29 is 4.39 Å². The fraction of sp³-hybridized carbons (Fsp3) is 0.294. The molecule has 1 N–H and O–H groups in total. The lowest BCUT2D eigenvalue weighted by atomic mass is 9.77. The van der Waals surface area contributed by atoms with Crippen molar-refractivity contribution in [2.75, 3.05) is 5.32 Å². The van der Waals surface area contributed by atoms with E-state index < -0.39 is 0 Å². The third-order valence-electron chi connectivity index (χ3n) is 4.05. The van der Waals surface area contributed by atoms with Gasteiger partial charge in [-0.1, -0.05) is 18.6 Å². The number of hydrogen-bond acceptors (Lipinski definition) is 3. The van der Waals surface area contributed by atoms with Gasteiger partial charge in [-0.25, -0.2) is 9.37 Å². The zero-order valence-electron chi connectivity index (χ0n) is 11.6. The van der Waals surface area contributed by atoms with Crippen molar-refractivity contribution in [3.05, 3.63) is 59.5 Å². The molecule has 21 heavy (non-hydrogen) atoms. The normalized spacial score (nSPS) is 15.8. The SMILES string of the molecule is N#Cc1ccc(NC(c2ccc(F)cc2)C2CCC2)nc1. The van der Waals surface area contributed by atoms with Crippen LogP contribution in [-0.2, 0) is 0 Å². The summed E-state index contributed by atoms with van der Waals surface area (Å²) in [6.07, 6.45) is 5.15. The van der Waals surface area contributed by atoms with Gasteiger partial charge >= 0.3 is 0 Å². The van der Waals surface area contributed by atoms with E-state index >= 15 is 0 Å². The number of anilines is 1. The van der Waals surface area contributed by atoms with Crippen molar-refractivity contribution in [1.82, 2.24) is 4.98 Å². The van der Waals surface area contributed by atoms with Crippen LogP contribution in [0.25, 0.3) is 0 Å². The molecule has 106 valence electrons. The molecule has 1 aromatic carbocycles. The van der Waals surface area contributed by atoms with E-state index in [0.29, 0.717) is 11.5 Å². The zero-order chi connectivity index (χ0) is 14.7. The molecule has 1 aromatic heterocycles. The van der Waals surface area contributed by atoms with E-state index in [0.717, 1.165) is 11.4 Å².